The Morgan fingerprint density at radius 3 is 1.75 bits per heavy atom. The fourth-order valence-corrected chi connectivity index (χ4v) is 0.534. The van der Waals surface area contributed by atoms with Crippen LogP contribution in [0.25, 0.3) is 0 Å². The molecule has 44 valence electrons. The third kappa shape index (κ3) is 2.15. The average Bonchev–Trinajstić information content (AvgIpc) is 1.69. The zero-order valence-corrected chi connectivity index (χ0v) is 6.98. The van der Waals surface area contributed by atoms with Gasteiger partial charge in [0.2, 0.25) is 0 Å². The molecule has 1 aromatic rings. The van der Waals surface area contributed by atoms with Crippen LogP contribution in [-0.4, -0.2) is 17.1 Å². The number of benzene rings is 1. The molecular formula is C7H10Se. The molecule has 0 spiro atoms. The minimum absolute atomic E-state index is 0. The Morgan fingerprint density at radius 2 is 1.50 bits per heavy atom. The molecule has 0 fully saturated rings. The Morgan fingerprint density at radius 1 is 1.00 bits per heavy atom. The molecule has 0 N–H and O–H groups in total. The molecule has 0 nitrogen and oxygen atoms in total. The third-order valence-corrected chi connectivity index (χ3v) is 0.940. The Bertz CT molecular complexity index is 134. The molecule has 0 unspecified atom stereocenters. The summed E-state index contributed by atoms with van der Waals surface area (Å²) >= 11 is 0. The molecule has 0 saturated carbocycles. The van der Waals surface area contributed by atoms with E-state index in [1.807, 2.05) is 18.2 Å². The first-order chi connectivity index (χ1) is 3.39. The Kier molecular flexibility index (Phi) is 3.59. The molecule has 1 rings (SSSR count). The molecule has 0 aromatic heterocycles. The zero-order chi connectivity index (χ0) is 5.11. The summed E-state index contributed by atoms with van der Waals surface area (Å²) in [6.07, 6.45) is 0. The molecule has 0 aliphatic rings. The molecule has 8 heavy (non-hydrogen) atoms. The minimum atomic E-state index is 0. The predicted molar refractivity (Wildman–Crippen MR) is 39.7 cm³/mol. The summed E-state index contributed by atoms with van der Waals surface area (Å²) in [5.74, 6) is 0. The molecule has 0 aliphatic heterocycles. The van der Waals surface area contributed by atoms with Crippen LogP contribution in [0.15, 0.2) is 30.3 Å². The standard InChI is InChI=1S/C7H8.H2Se/c1-7-5-3-2-4-6-7;/h2-6H,1H3;1H2. The summed E-state index contributed by atoms with van der Waals surface area (Å²) in [6, 6.07) is 10.3. The maximum atomic E-state index is 2.08. The van der Waals surface area contributed by atoms with Crippen molar-refractivity contribution < 1.29 is 0 Å². The van der Waals surface area contributed by atoms with E-state index in [2.05, 4.69) is 19.1 Å². The van der Waals surface area contributed by atoms with Gasteiger partial charge in [0, 0.05) is 0 Å². The molecule has 1 heteroatoms. The molecular weight excluding hydrogens is 163 g/mol. The van der Waals surface area contributed by atoms with Gasteiger partial charge in [-0.05, 0) is 6.92 Å². The van der Waals surface area contributed by atoms with Gasteiger partial charge < -0.3 is 0 Å². The van der Waals surface area contributed by atoms with Crippen molar-refractivity contribution in [2.45, 2.75) is 6.92 Å². The first kappa shape index (κ1) is 7.74. The zero-order valence-electron chi connectivity index (χ0n) is 4.89. The maximum absolute atomic E-state index is 2.08. The summed E-state index contributed by atoms with van der Waals surface area (Å²) in [6.45, 7) is 2.08. The van der Waals surface area contributed by atoms with Crippen LogP contribution >= 0.6 is 0 Å². The first-order valence-corrected chi connectivity index (χ1v) is 2.41. The summed E-state index contributed by atoms with van der Waals surface area (Å²) in [5.41, 5.74) is 1.32. The van der Waals surface area contributed by atoms with E-state index in [9.17, 15) is 0 Å². The van der Waals surface area contributed by atoms with Crippen LogP contribution in [0.4, 0.5) is 0 Å². The normalized spacial score (nSPS) is 7.62. The van der Waals surface area contributed by atoms with Crippen molar-refractivity contribution in [3.05, 3.63) is 35.9 Å². The fourth-order valence-electron chi connectivity index (χ4n) is 0.534. The fraction of sp³-hybridized carbons (Fsp3) is 0.143. The van der Waals surface area contributed by atoms with Gasteiger partial charge in [-0.3, -0.25) is 0 Å². The van der Waals surface area contributed by atoms with Gasteiger partial charge in [-0.25, -0.2) is 0 Å². The number of hydrogen-bond donors (Lipinski definition) is 0. The monoisotopic (exact) mass is 174 g/mol. The van der Waals surface area contributed by atoms with Crippen molar-refractivity contribution in [2.24, 2.45) is 0 Å². The second-order valence-electron chi connectivity index (χ2n) is 1.65. The molecule has 0 saturated heterocycles. The molecule has 0 bridgehead atoms. The number of hydrogen-bond acceptors (Lipinski definition) is 0. The predicted octanol–water partition coefficient (Wildman–Crippen LogP) is 1.08. The molecule has 0 amide bonds. The van der Waals surface area contributed by atoms with E-state index in [0.29, 0.717) is 0 Å². The van der Waals surface area contributed by atoms with Gasteiger partial charge in [-0.1, -0.05) is 35.9 Å². The van der Waals surface area contributed by atoms with Gasteiger partial charge in [0.15, 0.2) is 0 Å². The van der Waals surface area contributed by atoms with Crippen LogP contribution in [0.5, 0.6) is 0 Å². The second kappa shape index (κ2) is 3.71. The van der Waals surface area contributed by atoms with Gasteiger partial charge in [-0.2, -0.15) is 0 Å². The van der Waals surface area contributed by atoms with E-state index < -0.39 is 0 Å². The summed E-state index contributed by atoms with van der Waals surface area (Å²) in [5, 5.41) is 0. The molecule has 0 atom stereocenters. The van der Waals surface area contributed by atoms with E-state index in [0.717, 1.165) is 0 Å². The quantitative estimate of drug-likeness (QED) is 0.515. The van der Waals surface area contributed by atoms with Crippen LogP contribution in [0.3, 0.4) is 0 Å². The van der Waals surface area contributed by atoms with E-state index in [4.69, 9.17) is 0 Å². The van der Waals surface area contributed by atoms with Gasteiger partial charge in [0.1, 0.15) is 0 Å². The van der Waals surface area contributed by atoms with Crippen molar-refractivity contribution in [3.8, 4) is 0 Å². The molecule has 0 aliphatic carbocycles. The van der Waals surface area contributed by atoms with Crippen molar-refractivity contribution in [1.82, 2.24) is 0 Å². The third-order valence-electron chi connectivity index (χ3n) is 0.940. The van der Waals surface area contributed by atoms with Gasteiger partial charge in [0.25, 0.3) is 0 Å². The topological polar surface area (TPSA) is 0 Å². The summed E-state index contributed by atoms with van der Waals surface area (Å²) in [4.78, 5) is 0. The first-order valence-electron chi connectivity index (χ1n) is 2.41. The van der Waals surface area contributed by atoms with Crippen LogP contribution in [0.1, 0.15) is 5.56 Å². The van der Waals surface area contributed by atoms with E-state index >= 15 is 0 Å². The van der Waals surface area contributed by atoms with Crippen LogP contribution in [0, 0.1) is 6.92 Å². The van der Waals surface area contributed by atoms with Crippen LogP contribution in [-0.2, 0) is 0 Å². The Hall–Kier alpha value is -0.261. The molecule has 1 aromatic carbocycles. The SMILES string of the molecule is Cc1ccccc1.[SeH2]. The number of rotatable bonds is 0. The summed E-state index contributed by atoms with van der Waals surface area (Å²) in [7, 11) is 0. The van der Waals surface area contributed by atoms with E-state index in [1.54, 1.807) is 0 Å². The average molecular weight is 173 g/mol. The van der Waals surface area contributed by atoms with Crippen molar-refractivity contribution in [1.29, 1.82) is 0 Å². The van der Waals surface area contributed by atoms with Crippen molar-refractivity contribution in [3.63, 3.8) is 0 Å². The van der Waals surface area contributed by atoms with Crippen LogP contribution in [0.2, 0.25) is 0 Å². The summed E-state index contributed by atoms with van der Waals surface area (Å²) < 4.78 is 0. The van der Waals surface area contributed by atoms with Crippen LogP contribution < -0.4 is 0 Å². The van der Waals surface area contributed by atoms with E-state index in [1.165, 1.54) is 5.56 Å². The van der Waals surface area contributed by atoms with Gasteiger partial charge in [-0.15, -0.1) is 0 Å². The Balaban J connectivity index is 0.000000490. The molecule has 0 heterocycles. The van der Waals surface area contributed by atoms with Gasteiger partial charge in [0.05, 0.1) is 0 Å². The molecule has 0 radical (unpaired) electrons. The van der Waals surface area contributed by atoms with E-state index in [-0.39, 0.29) is 17.1 Å². The van der Waals surface area contributed by atoms with Gasteiger partial charge >= 0.3 is 17.1 Å². The number of aryl methyl sites for hydroxylation is 1. The second-order valence-corrected chi connectivity index (χ2v) is 1.65. The van der Waals surface area contributed by atoms with Crippen molar-refractivity contribution in [2.75, 3.05) is 0 Å². The Labute approximate surface area is 60.4 Å². The van der Waals surface area contributed by atoms with Crippen molar-refractivity contribution >= 4 is 17.1 Å².